The van der Waals surface area contributed by atoms with E-state index in [1.165, 1.54) is 12.1 Å². The minimum Gasteiger partial charge on any atom is -0.508 e. The second-order valence-electron chi connectivity index (χ2n) is 3.29. The Morgan fingerprint density at radius 2 is 1.93 bits per heavy atom. The van der Waals surface area contributed by atoms with Crippen LogP contribution in [0.3, 0.4) is 0 Å². The first-order chi connectivity index (χ1) is 6.93. The Balaban J connectivity index is 3.01. The van der Waals surface area contributed by atoms with Gasteiger partial charge in [0.1, 0.15) is 11.9 Å². The number of rotatable bonds is 3. The smallest absolute Gasteiger partial charge is 0.335 e. The third kappa shape index (κ3) is 2.45. The van der Waals surface area contributed by atoms with Crippen molar-refractivity contribution in [3.63, 3.8) is 0 Å². The molecule has 0 amide bonds. The third-order valence-corrected chi connectivity index (χ3v) is 2.06. The Bertz CT molecular complexity index is 374. The summed E-state index contributed by atoms with van der Waals surface area (Å²) < 4.78 is 0. The molecular weight excluding hydrogens is 200 g/mol. The van der Waals surface area contributed by atoms with E-state index in [1.807, 2.05) is 0 Å². The van der Waals surface area contributed by atoms with Crippen molar-refractivity contribution in [1.82, 2.24) is 0 Å². The summed E-state index contributed by atoms with van der Waals surface area (Å²) in [5.74, 6) is -1.77. The highest BCUT2D eigenvalue weighted by Crippen LogP contribution is 2.27. The number of aryl methyl sites for hydroxylation is 1. The predicted octanol–water partition coefficient (Wildman–Crippen LogP) is 0.180. The highest BCUT2D eigenvalue weighted by molar-refractivity contribution is 5.73. The van der Waals surface area contributed by atoms with Gasteiger partial charge in [-0.05, 0) is 18.6 Å². The number of carboxylic acid groups (broad SMARTS) is 1. The summed E-state index contributed by atoms with van der Waals surface area (Å²) in [5, 5.41) is 36.4. The second-order valence-corrected chi connectivity index (χ2v) is 3.29. The van der Waals surface area contributed by atoms with Crippen LogP contribution in [0.5, 0.6) is 5.75 Å². The molecule has 0 radical (unpaired) electrons. The zero-order valence-corrected chi connectivity index (χ0v) is 8.08. The van der Waals surface area contributed by atoms with Gasteiger partial charge in [-0.1, -0.05) is 12.1 Å². The molecule has 2 atom stereocenters. The van der Waals surface area contributed by atoms with Crippen molar-refractivity contribution < 1.29 is 25.2 Å². The van der Waals surface area contributed by atoms with E-state index in [9.17, 15) is 15.0 Å². The van der Waals surface area contributed by atoms with Crippen molar-refractivity contribution in [3.05, 3.63) is 29.3 Å². The molecule has 0 aliphatic heterocycles. The van der Waals surface area contributed by atoms with Crippen LogP contribution in [-0.2, 0) is 4.79 Å². The summed E-state index contributed by atoms with van der Waals surface area (Å²) in [6, 6.07) is 4.36. The molecule has 0 fully saturated rings. The van der Waals surface area contributed by atoms with Gasteiger partial charge in [-0.15, -0.1) is 0 Å². The van der Waals surface area contributed by atoms with Crippen LogP contribution in [0.4, 0.5) is 0 Å². The molecule has 15 heavy (non-hydrogen) atoms. The molecule has 5 nitrogen and oxygen atoms in total. The van der Waals surface area contributed by atoms with Crippen LogP contribution in [-0.4, -0.2) is 32.5 Å². The van der Waals surface area contributed by atoms with E-state index < -0.39 is 18.2 Å². The fourth-order valence-corrected chi connectivity index (χ4v) is 1.21. The maximum atomic E-state index is 10.4. The minimum absolute atomic E-state index is 0.00417. The number of hydrogen-bond donors (Lipinski definition) is 4. The lowest BCUT2D eigenvalue weighted by Gasteiger charge is -2.15. The number of phenolic OH excluding ortho intramolecular Hbond substituents is 1. The Labute approximate surface area is 86.2 Å². The molecular formula is C10H12O5. The molecule has 0 bridgehead atoms. The third-order valence-electron chi connectivity index (χ3n) is 2.06. The fraction of sp³-hybridized carbons (Fsp3) is 0.300. The first kappa shape index (κ1) is 11.5. The number of aromatic hydroxyl groups is 1. The largest absolute Gasteiger partial charge is 0.508 e. The Hall–Kier alpha value is -1.59. The zero-order valence-electron chi connectivity index (χ0n) is 8.08. The number of hydrogen-bond acceptors (Lipinski definition) is 4. The monoisotopic (exact) mass is 212 g/mol. The number of aliphatic carboxylic acids is 1. The van der Waals surface area contributed by atoms with E-state index in [0.717, 1.165) is 5.56 Å². The molecule has 4 N–H and O–H groups in total. The second kappa shape index (κ2) is 4.29. The number of carboxylic acids is 1. The SMILES string of the molecule is Cc1ccc(C(O)C(O)C(=O)O)c(O)c1. The highest BCUT2D eigenvalue weighted by Gasteiger charge is 2.26. The summed E-state index contributed by atoms with van der Waals surface area (Å²) in [7, 11) is 0. The summed E-state index contributed by atoms with van der Waals surface area (Å²) in [6.07, 6.45) is -3.58. The lowest BCUT2D eigenvalue weighted by atomic mass is 10.0. The van der Waals surface area contributed by atoms with Gasteiger partial charge in [0, 0.05) is 5.56 Å². The average Bonchev–Trinajstić information content (AvgIpc) is 2.15. The quantitative estimate of drug-likeness (QED) is 0.573. The van der Waals surface area contributed by atoms with Crippen molar-refractivity contribution in [2.75, 3.05) is 0 Å². The average molecular weight is 212 g/mol. The Morgan fingerprint density at radius 1 is 1.33 bits per heavy atom. The first-order valence-corrected chi connectivity index (χ1v) is 4.32. The molecule has 0 saturated carbocycles. The summed E-state index contributed by atoms with van der Waals surface area (Å²) in [6.45, 7) is 1.74. The van der Waals surface area contributed by atoms with Crippen molar-refractivity contribution in [3.8, 4) is 5.75 Å². The van der Waals surface area contributed by atoms with Gasteiger partial charge in [0.25, 0.3) is 0 Å². The minimum atomic E-state index is -1.95. The van der Waals surface area contributed by atoms with E-state index >= 15 is 0 Å². The van der Waals surface area contributed by atoms with Crippen molar-refractivity contribution in [2.45, 2.75) is 19.1 Å². The standard InChI is InChI=1S/C10H12O5/c1-5-2-3-6(7(11)4-5)8(12)9(13)10(14)15/h2-4,8-9,11-13H,1H3,(H,14,15). The molecule has 2 unspecified atom stereocenters. The van der Waals surface area contributed by atoms with Crippen LogP contribution in [0.1, 0.15) is 17.2 Å². The summed E-state index contributed by atoms with van der Waals surface area (Å²) in [5.41, 5.74) is 0.767. The molecule has 1 aromatic rings. The van der Waals surface area contributed by atoms with Gasteiger partial charge in [0.15, 0.2) is 6.10 Å². The zero-order chi connectivity index (χ0) is 11.6. The molecule has 0 heterocycles. The number of aliphatic hydroxyl groups is 2. The van der Waals surface area contributed by atoms with Crippen LogP contribution < -0.4 is 0 Å². The molecule has 1 aromatic carbocycles. The Kier molecular flexibility index (Phi) is 3.28. The molecule has 82 valence electrons. The van der Waals surface area contributed by atoms with Gasteiger partial charge in [0.2, 0.25) is 0 Å². The van der Waals surface area contributed by atoms with Crippen molar-refractivity contribution in [2.24, 2.45) is 0 Å². The molecule has 0 saturated heterocycles. The summed E-state index contributed by atoms with van der Waals surface area (Å²) in [4.78, 5) is 10.4. The van der Waals surface area contributed by atoms with Gasteiger partial charge in [-0.2, -0.15) is 0 Å². The number of carbonyl (C=O) groups is 1. The first-order valence-electron chi connectivity index (χ1n) is 4.32. The van der Waals surface area contributed by atoms with E-state index in [4.69, 9.17) is 10.2 Å². The highest BCUT2D eigenvalue weighted by atomic mass is 16.4. The molecule has 1 rings (SSSR count). The molecule has 0 spiro atoms. The van der Waals surface area contributed by atoms with Gasteiger partial charge in [0.05, 0.1) is 0 Å². The maximum absolute atomic E-state index is 10.4. The van der Waals surface area contributed by atoms with E-state index in [1.54, 1.807) is 13.0 Å². The number of phenols is 1. The van der Waals surface area contributed by atoms with Crippen molar-refractivity contribution in [1.29, 1.82) is 0 Å². The van der Waals surface area contributed by atoms with Crippen LogP contribution >= 0.6 is 0 Å². The fourth-order valence-electron chi connectivity index (χ4n) is 1.21. The topological polar surface area (TPSA) is 98.0 Å². The number of benzene rings is 1. The molecule has 5 heteroatoms. The van der Waals surface area contributed by atoms with Gasteiger partial charge < -0.3 is 20.4 Å². The predicted molar refractivity (Wildman–Crippen MR) is 51.4 cm³/mol. The Morgan fingerprint density at radius 3 is 2.40 bits per heavy atom. The van der Waals surface area contributed by atoms with Crippen molar-refractivity contribution >= 4 is 5.97 Å². The van der Waals surface area contributed by atoms with Gasteiger partial charge in [-0.25, -0.2) is 4.79 Å². The molecule has 0 aliphatic carbocycles. The van der Waals surface area contributed by atoms with Crippen LogP contribution in [0.15, 0.2) is 18.2 Å². The maximum Gasteiger partial charge on any atom is 0.335 e. The van der Waals surface area contributed by atoms with E-state index in [2.05, 4.69) is 0 Å². The van der Waals surface area contributed by atoms with Gasteiger partial charge in [-0.3, -0.25) is 0 Å². The summed E-state index contributed by atoms with van der Waals surface area (Å²) >= 11 is 0. The van der Waals surface area contributed by atoms with E-state index in [-0.39, 0.29) is 11.3 Å². The van der Waals surface area contributed by atoms with Gasteiger partial charge >= 0.3 is 5.97 Å². The van der Waals surface area contributed by atoms with Crippen LogP contribution in [0.2, 0.25) is 0 Å². The lowest BCUT2D eigenvalue weighted by Crippen LogP contribution is -2.27. The normalized spacial score (nSPS) is 14.6. The number of aliphatic hydroxyl groups excluding tert-OH is 2. The molecule has 0 aromatic heterocycles. The lowest BCUT2D eigenvalue weighted by molar-refractivity contribution is -0.153. The molecule has 0 aliphatic rings. The van der Waals surface area contributed by atoms with E-state index in [0.29, 0.717) is 0 Å². The van der Waals surface area contributed by atoms with Crippen LogP contribution in [0, 0.1) is 6.92 Å². The van der Waals surface area contributed by atoms with Crippen LogP contribution in [0.25, 0.3) is 0 Å².